The fourth-order valence-electron chi connectivity index (χ4n) is 2.75. The van der Waals surface area contributed by atoms with Gasteiger partial charge < -0.3 is 5.32 Å². The molecular weight excluding hydrogens is 246 g/mol. The molecule has 2 aromatic rings. The van der Waals surface area contributed by atoms with Crippen LogP contribution in [0.15, 0.2) is 18.3 Å². The van der Waals surface area contributed by atoms with Gasteiger partial charge in [0.1, 0.15) is 0 Å². The van der Waals surface area contributed by atoms with E-state index in [-0.39, 0.29) is 0 Å². The Hall–Kier alpha value is -1.61. The minimum Gasteiger partial charge on any atom is -0.310 e. The van der Waals surface area contributed by atoms with Crippen molar-refractivity contribution in [1.29, 1.82) is 0 Å². The van der Waals surface area contributed by atoms with Crippen LogP contribution in [0.5, 0.6) is 0 Å². The second-order valence-electron chi connectivity index (χ2n) is 5.99. The predicted octanol–water partition coefficient (Wildman–Crippen LogP) is 3.51. The van der Waals surface area contributed by atoms with Crippen LogP contribution in [0.2, 0.25) is 0 Å². The molecule has 0 aliphatic rings. The lowest BCUT2D eigenvalue weighted by Gasteiger charge is -2.12. The van der Waals surface area contributed by atoms with E-state index >= 15 is 0 Å². The molecule has 0 saturated heterocycles. The summed E-state index contributed by atoms with van der Waals surface area (Å²) in [6.07, 6.45) is 2.11. The fourth-order valence-corrected chi connectivity index (χ4v) is 2.75. The molecule has 0 bridgehead atoms. The van der Waals surface area contributed by atoms with Crippen molar-refractivity contribution >= 4 is 0 Å². The first kappa shape index (κ1) is 14.8. The number of hydrogen-bond acceptors (Lipinski definition) is 2. The maximum absolute atomic E-state index is 4.69. The highest BCUT2D eigenvalue weighted by molar-refractivity contribution is 5.70. The number of nitrogens with one attached hydrogen (secondary N) is 1. The Kier molecular flexibility index (Phi) is 4.29. The van der Waals surface area contributed by atoms with E-state index in [1.165, 1.54) is 27.8 Å². The van der Waals surface area contributed by atoms with Gasteiger partial charge in [-0.2, -0.15) is 5.10 Å². The second kappa shape index (κ2) is 5.80. The summed E-state index contributed by atoms with van der Waals surface area (Å²) in [4.78, 5) is 0. The first-order chi connectivity index (χ1) is 9.38. The van der Waals surface area contributed by atoms with Crippen LogP contribution in [0.25, 0.3) is 11.3 Å². The van der Waals surface area contributed by atoms with Gasteiger partial charge in [0.05, 0.1) is 5.69 Å². The number of hydrogen-bond donors (Lipinski definition) is 1. The van der Waals surface area contributed by atoms with Gasteiger partial charge in [-0.3, -0.25) is 4.68 Å². The topological polar surface area (TPSA) is 29.9 Å². The van der Waals surface area contributed by atoms with Gasteiger partial charge in [-0.05, 0) is 31.9 Å². The summed E-state index contributed by atoms with van der Waals surface area (Å²) in [6, 6.07) is 4.94. The number of nitrogens with zero attached hydrogens (tertiary/aromatic N) is 2. The predicted molar refractivity (Wildman–Crippen MR) is 84.8 cm³/mol. The molecule has 1 heterocycles. The van der Waals surface area contributed by atoms with Crippen LogP contribution >= 0.6 is 0 Å². The molecule has 1 aromatic heterocycles. The monoisotopic (exact) mass is 271 g/mol. The molecular formula is C17H25N3. The van der Waals surface area contributed by atoms with E-state index in [1.807, 2.05) is 11.7 Å². The summed E-state index contributed by atoms with van der Waals surface area (Å²) < 4.78 is 1.91. The van der Waals surface area contributed by atoms with Crippen molar-refractivity contribution < 1.29 is 0 Å². The van der Waals surface area contributed by atoms with Crippen molar-refractivity contribution in [2.75, 3.05) is 0 Å². The summed E-state index contributed by atoms with van der Waals surface area (Å²) in [5, 5.41) is 8.17. The average molecular weight is 271 g/mol. The third-order valence-electron chi connectivity index (χ3n) is 3.52. The lowest BCUT2D eigenvalue weighted by Crippen LogP contribution is -2.21. The Labute approximate surface area is 122 Å². The highest BCUT2D eigenvalue weighted by Crippen LogP contribution is 2.29. The summed E-state index contributed by atoms with van der Waals surface area (Å²) in [7, 11) is 1.99. The molecule has 20 heavy (non-hydrogen) atoms. The summed E-state index contributed by atoms with van der Waals surface area (Å²) >= 11 is 0. The zero-order valence-corrected chi connectivity index (χ0v) is 13.4. The van der Waals surface area contributed by atoms with Crippen molar-refractivity contribution in [3.8, 4) is 11.3 Å². The average Bonchev–Trinajstić information content (AvgIpc) is 2.66. The van der Waals surface area contributed by atoms with E-state index in [9.17, 15) is 0 Å². The van der Waals surface area contributed by atoms with E-state index in [2.05, 4.69) is 63.4 Å². The van der Waals surface area contributed by atoms with Crippen molar-refractivity contribution in [1.82, 2.24) is 15.1 Å². The van der Waals surface area contributed by atoms with Crippen molar-refractivity contribution in [3.63, 3.8) is 0 Å². The van der Waals surface area contributed by atoms with Crippen LogP contribution in [0.4, 0.5) is 0 Å². The molecule has 1 N–H and O–H groups in total. The molecule has 1 aromatic carbocycles. The second-order valence-corrected chi connectivity index (χ2v) is 5.99. The van der Waals surface area contributed by atoms with Gasteiger partial charge in [0.2, 0.25) is 0 Å². The highest BCUT2D eigenvalue weighted by atomic mass is 15.3. The highest BCUT2D eigenvalue weighted by Gasteiger charge is 2.15. The van der Waals surface area contributed by atoms with Crippen LogP contribution in [0, 0.1) is 20.8 Å². The lowest BCUT2D eigenvalue weighted by molar-refractivity contribution is 0.589. The van der Waals surface area contributed by atoms with Crippen molar-refractivity contribution in [2.45, 2.75) is 47.2 Å². The SMILES string of the molecule is Cc1cc(C)c(-c2nn(C)cc2CNC(C)C)c(C)c1. The maximum Gasteiger partial charge on any atom is 0.0973 e. The summed E-state index contributed by atoms with van der Waals surface area (Å²) in [5.41, 5.74) is 7.55. The molecule has 0 atom stereocenters. The van der Waals surface area contributed by atoms with Crippen molar-refractivity contribution in [2.24, 2.45) is 7.05 Å². The molecule has 0 saturated carbocycles. The number of aryl methyl sites for hydroxylation is 4. The Bertz CT molecular complexity index is 586. The third-order valence-corrected chi connectivity index (χ3v) is 3.52. The first-order valence-corrected chi connectivity index (χ1v) is 7.22. The fraction of sp³-hybridized carbons (Fsp3) is 0.471. The number of benzene rings is 1. The molecule has 0 aliphatic heterocycles. The van der Waals surface area contributed by atoms with E-state index in [4.69, 9.17) is 0 Å². The van der Waals surface area contributed by atoms with Gasteiger partial charge >= 0.3 is 0 Å². The van der Waals surface area contributed by atoms with Crippen LogP contribution in [0.1, 0.15) is 36.1 Å². The third kappa shape index (κ3) is 3.10. The standard InChI is InChI=1S/C17H25N3/c1-11(2)18-9-15-10-20(6)19-17(15)16-13(4)7-12(3)8-14(16)5/h7-8,10-11,18H,9H2,1-6H3. The van der Waals surface area contributed by atoms with Gasteiger partial charge in [-0.15, -0.1) is 0 Å². The van der Waals surface area contributed by atoms with Gasteiger partial charge in [0, 0.05) is 37.0 Å². The minimum atomic E-state index is 0.475. The van der Waals surface area contributed by atoms with E-state index in [0.717, 1.165) is 12.2 Å². The lowest BCUT2D eigenvalue weighted by atomic mass is 9.95. The first-order valence-electron chi connectivity index (χ1n) is 7.22. The Morgan fingerprint density at radius 2 is 1.75 bits per heavy atom. The molecule has 108 valence electrons. The molecule has 0 aliphatic carbocycles. The van der Waals surface area contributed by atoms with Crippen LogP contribution in [0.3, 0.4) is 0 Å². The molecule has 0 amide bonds. The molecule has 3 heteroatoms. The maximum atomic E-state index is 4.69. The Morgan fingerprint density at radius 3 is 2.30 bits per heavy atom. The van der Waals surface area contributed by atoms with Crippen LogP contribution in [-0.2, 0) is 13.6 Å². The molecule has 0 unspecified atom stereocenters. The summed E-state index contributed by atoms with van der Waals surface area (Å²) in [5.74, 6) is 0. The van der Waals surface area contributed by atoms with Gasteiger partial charge in [0.25, 0.3) is 0 Å². The molecule has 0 radical (unpaired) electrons. The smallest absolute Gasteiger partial charge is 0.0973 e. The van der Waals surface area contributed by atoms with Crippen LogP contribution < -0.4 is 5.32 Å². The van der Waals surface area contributed by atoms with Crippen molar-refractivity contribution in [3.05, 3.63) is 40.6 Å². The van der Waals surface area contributed by atoms with E-state index in [1.54, 1.807) is 0 Å². The summed E-state index contributed by atoms with van der Waals surface area (Å²) in [6.45, 7) is 11.7. The zero-order valence-electron chi connectivity index (χ0n) is 13.4. The normalized spacial score (nSPS) is 11.3. The number of rotatable bonds is 4. The van der Waals surface area contributed by atoms with Gasteiger partial charge in [0.15, 0.2) is 0 Å². The van der Waals surface area contributed by atoms with Gasteiger partial charge in [-0.1, -0.05) is 31.5 Å². The minimum absolute atomic E-state index is 0.475. The Morgan fingerprint density at radius 1 is 1.15 bits per heavy atom. The largest absolute Gasteiger partial charge is 0.310 e. The zero-order chi connectivity index (χ0) is 14.9. The molecule has 3 nitrogen and oxygen atoms in total. The van der Waals surface area contributed by atoms with Crippen LogP contribution in [-0.4, -0.2) is 15.8 Å². The van der Waals surface area contributed by atoms with Gasteiger partial charge in [-0.25, -0.2) is 0 Å². The van der Waals surface area contributed by atoms with E-state index in [0.29, 0.717) is 6.04 Å². The molecule has 0 spiro atoms. The quantitative estimate of drug-likeness (QED) is 0.922. The molecule has 2 rings (SSSR count). The van der Waals surface area contributed by atoms with E-state index < -0.39 is 0 Å². The Balaban J connectivity index is 2.47. The molecule has 0 fully saturated rings. The number of aromatic nitrogens is 2.